The average molecular weight is 700 g/mol. The van der Waals surface area contributed by atoms with E-state index in [2.05, 4.69) is 16.0 Å². The third-order valence-corrected chi connectivity index (χ3v) is 6.10. The molecule has 0 rings (SSSR count). The molecule has 0 aliphatic carbocycles. The van der Waals surface area contributed by atoms with E-state index in [1.165, 1.54) is 41.5 Å². The van der Waals surface area contributed by atoms with Crippen molar-refractivity contribution >= 4 is 73.4 Å². The Morgan fingerprint density at radius 1 is 0.478 bits per heavy atom. The van der Waals surface area contributed by atoms with Gasteiger partial charge in [0.05, 0.1) is 39.1 Å². The zero-order valence-corrected chi connectivity index (χ0v) is 26.6. The van der Waals surface area contributed by atoms with Crippen LogP contribution in [0.25, 0.3) is 0 Å². The molecule has 0 fully saturated rings. The Bertz CT molecular complexity index is 842. The molecule has 0 aliphatic heterocycles. The first-order valence-electron chi connectivity index (χ1n) is 13.8. The molecule has 3 amide bonds. The fraction of sp³-hybridized carbons (Fsp3) is 0.778. The molecule has 0 radical (unpaired) electrons. The van der Waals surface area contributed by atoms with Gasteiger partial charge in [0, 0.05) is 35.9 Å². The fourth-order valence-electron chi connectivity index (χ4n) is 2.49. The number of nitrogens with one attached hydrogen (secondary N) is 3. The normalized spacial score (nSPS) is 13.0. The Hall–Kier alpha value is -2.16. The van der Waals surface area contributed by atoms with Gasteiger partial charge in [-0.1, -0.05) is 41.5 Å². The standard InChI is InChI=1S/3C9H17NO5.Ca.2H/c3*1-9(2,5-11)7(14)8(15)10-4-3-6(12)13;;;/h3*7,11,14H,3-5H2,1-2H3,(H,10,15)(H,12,13);;;. The molecule has 0 bridgehead atoms. The molecule has 0 saturated heterocycles. The SMILES string of the molecule is CC(C)(CO)C(O)C(=O)NCCC(=O)O.CC(C)(CO)C(O)C(=O)NCCC(=O)O.CC(C)(CO)C(O)C(=O)NCCC(=O)O.[CaH2]. The molecule has 0 aromatic heterocycles. The van der Waals surface area contributed by atoms with Gasteiger partial charge in [-0.2, -0.15) is 0 Å². The van der Waals surface area contributed by atoms with Gasteiger partial charge in [0.2, 0.25) is 17.7 Å². The van der Waals surface area contributed by atoms with Gasteiger partial charge in [-0.25, -0.2) is 0 Å². The molecule has 19 heteroatoms. The van der Waals surface area contributed by atoms with Gasteiger partial charge >= 0.3 is 55.6 Å². The summed E-state index contributed by atoms with van der Waals surface area (Å²) in [4.78, 5) is 64.2. The number of carboxylic acids is 3. The molecule has 18 nitrogen and oxygen atoms in total. The second kappa shape index (κ2) is 24.9. The summed E-state index contributed by atoms with van der Waals surface area (Å²) in [6.45, 7) is 8.11. The van der Waals surface area contributed by atoms with Crippen LogP contribution in [0.5, 0.6) is 0 Å². The first-order chi connectivity index (χ1) is 20.4. The van der Waals surface area contributed by atoms with Gasteiger partial charge in [0.25, 0.3) is 0 Å². The molecular weight excluding hydrogens is 646 g/mol. The quantitative estimate of drug-likeness (QED) is 0.0606. The average Bonchev–Trinajstić information content (AvgIpc) is 2.95. The fourth-order valence-corrected chi connectivity index (χ4v) is 2.49. The molecule has 268 valence electrons. The first kappa shape index (κ1) is 50.7. The van der Waals surface area contributed by atoms with Crippen LogP contribution in [0.1, 0.15) is 60.8 Å². The molecular formula is C27H53CaN3O15. The number of rotatable bonds is 18. The van der Waals surface area contributed by atoms with Gasteiger partial charge in [-0.15, -0.1) is 0 Å². The summed E-state index contributed by atoms with van der Waals surface area (Å²) in [5, 5.41) is 86.9. The van der Waals surface area contributed by atoms with Crippen LogP contribution in [-0.4, -0.2) is 177 Å². The van der Waals surface area contributed by atoms with Crippen molar-refractivity contribution in [3.8, 4) is 0 Å². The number of hydrogen-bond acceptors (Lipinski definition) is 12. The summed E-state index contributed by atoms with van der Waals surface area (Å²) in [5.41, 5.74) is -2.81. The Labute approximate surface area is 297 Å². The number of carbonyl (C=O) groups excluding carboxylic acids is 3. The van der Waals surface area contributed by atoms with E-state index in [1.807, 2.05) is 0 Å². The van der Waals surface area contributed by atoms with E-state index < -0.39 is 70.2 Å². The van der Waals surface area contributed by atoms with Crippen LogP contribution >= 0.6 is 0 Å². The Morgan fingerprint density at radius 2 is 0.652 bits per heavy atom. The monoisotopic (exact) mass is 699 g/mol. The zero-order chi connectivity index (χ0) is 36.2. The second-order valence-corrected chi connectivity index (χ2v) is 12.0. The van der Waals surface area contributed by atoms with Gasteiger partial charge in [0.1, 0.15) is 18.3 Å². The van der Waals surface area contributed by atoms with Crippen molar-refractivity contribution in [3.05, 3.63) is 0 Å². The van der Waals surface area contributed by atoms with Crippen LogP contribution in [0.15, 0.2) is 0 Å². The van der Waals surface area contributed by atoms with Crippen molar-refractivity contribution in [2.24, 2.45) is 16.2 Å². The van der Waals surface area contributed by atoms with Crippen molar-refractivity contribution in [1.82, 2.24) is 16.0 Å². The molecule has 0 saturated carbocycles. The molecule has 0 spiro atoms. The molecule has 46 heavy (non-hydrogen) atoms. The molecule has 3 unspecified atom stereocenters. The van der Waals surface area contributed by atoms with Crippen LogP contribution in [0.3, 0.4) is 0 Å². The summed E-state index contributed by atoms with van der Waals surface area (Å²) in [5.74, 6) is -5.08. The number of aliphatic hydroxyl groups is 6. The molecule has 0 aromatic carbocycles. The van der Waals surface area contributed by atoms with E-state index in [4.69, 9.17) is 30.6 Å². The molecule has 0 aliphatic rings. The number of hydrogen-bond donors (Lipinski definition) is 12. The molecule has 0 aromatic rings. The van der Waals surface area contributed by atoms with Crippen molar-refractivity contribution in [3.63, 3.8) is 0 Å². The maximum absolute atomic E-state index is 11.3. The van der Waals surface area contributed by atoms with Crippen LogP contribution in [0.2, 0.25) is 0 Å². The van der Waals surface area contributed by atoms with E-state index >= 15 is 0 Å². The van der Waals surface area contributed by atoms with E-state index in [0.717, 1.165) is 0 Å². The van der Waals surface area contributed by atoms with Gasteiger partial charge in [-0.3, -0.25) is 28.8 Å². The summed E-state index contributed by atoms with van der Waals surface area (Å²) >= 11 is 0. The number of aliphatic hydroxyl groups excluding tert-OH is 6. The predicted molar refractivity (Wildman–Crippen MR) is 165 cm³/mol. The van der Waals surface area contributed by atoms with Gasteiger partial charge < -0.3 is 61.9 Å². The van der Waals surface area contributed by atoms with Crippen molar-refractivity contribution in [2.75, 3.05) is 39.5 Å². The first-order valence-corrected chi connectivity index (χ1v) is 13.8. The number of carboxylic acid groups (broad SMARTS) is 3. The van der Waals surface area contributed by atoms with Gasteiger partial charge in [0.15, 0.2) is 0 Å². The minimum absolute atomic E-state index is 0. The summed E-state index contributed by atoms with van der Waals surface area (Å²) in [6, 6.07) is 0. The van der Waals surface area contributed by atoms with E-state index in [1.54, 1.807) is 0 Å². The maximum atomic E-state index is 11.3. The van der Waals surface area contributed by atoms with E-state index in [9.17, 15) is 44.1 Å². The zero-order valence-electron chi connectivity index (χ0n) is 26.6. The Balaban J connectivity index is -0.000000285. The van der Waals surface area contributed by atoms with Crippen molar-refractivity contribution < 1.29 is 74.7 Å². The van der Waals surface area contributed by atoms with Crippen molar-refractivity contribution in [2.45, 2.75) is 79.1 Å². The van der Waals surface area contributed by atoms with E-state index in [0.29, 0.717) is 0 Å². The third kappa shape index (κ3) is 23.2. The predicted octanol–water partition coefficient (Wildman–Crippen LogP) is -4.05. The summed E-state index contributed by atoms with van der Waals surface area (Å²) < 4.78 is 0. The number of amides is 3. The molecule has 12 N–H and O–H groups in total. The van der Waals surface area contributed by atoms with E-state index in [-0.39, 0.29) is 96.5 Å². The number of carbonyl (C=O) groups is 6. The molecule has 3 atom stereocenters. The number of aliphatic carboxylic acids is 3. The van der Waals surface area contributed by atoms with Gasteiger partial charge in [-0.05, 0) is 0 Å². The van der Waals surface area contributed by atoms with Crippen LogP contribution in [0, 0.1) is 16.2 Å². The Kier molecular flexibility index (Phi) is 27.5. The third-order valence-electron chi connectivity index (χ3n) is 6.10. The summed E-state index contributed by atoms with van der Waals surface area (Å²) in [7, 11) is 0. The molecule has 0 heterocycles. The van der Waals surface area contributed by atoms with Crippen LogP contribution in [0.4, 0.5) is 0 Å². The summed E-state index contributed by atoms with van der Waals surface area (Å²) in [6.07, 6.45) is -4.64. The second-order valence-electron chi connectivity index (χ2n) is 12.0. The van der Waals surface area contributed by atoms with Crippen LogP contribution in [-0.2, 0) is 28.8 Å². The van der Waals surface area contributed by atoms with Crippen molar-refractivity contribution in [1.29, 1.82) is 0 Å². The minimum atomic E-state index is -1.35. The van der Waals surface area contributed by atoms with Crippen LogP contribution < -0.4 is 16.0 Å². The topological polar surface area (TPSA) is 321 Å². The Morgan fingerprint density at radius 3 is 0.783 bits per heavy atom.